The fourth-order valence-electron chi connectivity index (χ4n) is 1.57. The molecule has 2 aromatic rings. The second-order valence-electron chi connectivity index (χ2n) is 4.28. The highest BCUT2D eigenvalue weighted by atomic mass is 79.9. The molecule has 104 valence electrons. The van der Waals surface area contributed by atoms with Crippen molar-refractivity contribution in [1.29, 1.82) is 0 Å². The van der Waals surface area contributed by atoms with E-state index in [1.165, 1.54) is 12.1 Å². The molecule has 0 aliphatic heterocycles. The van der Waals surface area contributed by atoms with E-state index in [0.717, 1.165) is 5.56 Å². The lowest BCUT2D eigenvalue weighted by molar-refractivity contribution is -0.118. The fourth-order valence-corrected chi connectivity index (χ4v) is 1.91. The maximum absolute atomic E-state index is 13.4. The van der Waals surface area contributed by atoms with Crippen molar-refractivity contribution in [3.05, 3.63) is 58.3 Å². The number of aryl methyl sites for hydroxylation is 1. The third kappa shape index (κ3) is 4.06. The van der Waals surface area contributed by atoms with E-state index in [9.17, 15) is 9.18 Å². The van der Waals surface area contributed by atoms with Crippen LogP contribution in [0.1, 0.15) is 5.56 Å². The van der Waals surface area contributed by atoms with Crippen molar-refractivity contribution in [3.8, 4) is 5.75 Å². The zero-order valence-corrected chi connectivity index (χ0v) is 12.4. The van der Waals surface area contributed by atoms with Crippen LogP contribution in [0.4, 0.5) is 10.1 Å². The van der Waals surface area contributed by atoms with E-state index in [-0.39, 0.29) is 18.3 Å². The van der Waals surface area contributed by atoms with Crippen LogP contribution < -0.4 is 10.1 Å². The molecule has 0 fully saturated rings. The molecule has 3 nitrogen and oxygen atoms in total. The van der Waals surface area contributed by atoms with E-state index in [1.54, 1.807) is 18.2 Å². The zero-order chi connectivity index (χ0) is 14.5. The molecular formula is C15H13BrFNO2. The largest absolute Gasteiger partial charge is 0.481 e. The highest BCUT2D eigenvalue weighted by molar-refractivity contribution is 9.10. The van der Waals surface area contributed by atoms with Crippen LogP contribution in [0.2, 0.25) is 0 Å². The molecule has 1 amide bonds. The molecule has 0 aliphatic carbocycles. The molecule has 0 aliphatic rings. The van der Waals surface area contributed by atoms with Gasteiger partial charge in [-0.2, -0.15) is 0 Å². The molecule has 0 saturated heterocycles. The second kappa shape index (κ2) is 6.52. The van der Waals surface area contributed by atoms with Crippen LogP contribution >= 0.6 is 15.9 Å². The Balaban J connectivity index is 1.92. The summed E-state index contributed by atoms with van der Waals surface area (Å²) in [5.41, 5.74) is 1.79. The fraction of sp³-hybridized carbons (Fsp3) is 0.133. The number of hydrogen-bond acceptors (Lipinski definition) is 2. The smallest absolute Gasteiger partial charge is 0.262 e. The molecule has 2 aromatic carbocycles. The first-order chi connectivity index (χ1) is 9.54. The Labute approximate surface area is 124 Å². The monoisotopic (exact) mass is 337 g/mol. The van der Waals surface area contributed by atoms with Gasteiger partial charge in [-0.3, -0.25) is 4.79 Å². The summed E-state index contributed by atoms with van der Waals surface area (Å²) in [5, 5.41) is 2.68. The number of rotatable bonds is 4. The standard InChI is InChI=1S/C15H13BrFNO2/c1-10-2-5-12(6-3-10)18-15(19)9-20-14-8-11(16)4-7-13(14)17/h2-8H,9H2,1H3,(H,18,19). The first kappa shape index (κ1) is 14.5. The summed E-state index contributed by atoms with van der Waals surface area (Å²) in [6, 6.07) is 11.7. The molecule has 0 atom stereocenters. The van der Waals surface area contributed by atoms with Gasteiger partial charge in [-0.05, 0) is 37.3 Å². The minimum Gasteiger partial charge on any atom is -0.481 e. The molecule has 0 heterocycles. The number of amides is 1. The highest BCUT2D eigenvalue weighted by Crippen LogP contribution is 2.22. The minimum absolute atomic E-state index is 0.0402. The molecule has 0 spiro atoms. The van der Waals surface area contributed by atoms with Gasteiger partial charge in [0.25, 0.3) is 5.91 Å². The SMILES string of the molecule is Cc1ccc(NC(=O)COc2cc(Br)ccc2F)cc1. The normalized spacial score (nSPS) is 10.2. The molecule has 5 heteroatoms. The predicted molar refractivity (Wildman–Crippen MR) is 79.4 cm³/mol. The van der Waals surface area contributed by atoms with Crippen LogP contribution in [0.15, 0.2) is 46.9 Å². The van der Waals surface area contributed by atoms with Crippen LogP contribution in [-0.2, 0) is 4.79 Å². The van der Waals surface area contributed by atoms with Gasteiger partial charge in [0.15, 0.2) is 18.2 Å². The molecule has 0 unspecified atom stereocenters. The Morgan fingerprint density at radius 2 is 1.95 bits per heavy atom. The summed E-state index contributed by atoms with van der Waals surface area (Å²) in [7, 11) is 0. The van der Waals surface area contributed by atoms with Gasteiger partial charge >= 0.3 is 0 Å². The Hall–Kier alpha value is -1.88. The number of carbonyl (C=O) groups excluding carboxylic acids is 1. The lowest BCUT2D eigenvalue weighted by Crippen LogP contribution is -2.20. The summed E-state index contributed by atoms with van der Waals surface area (Å²) >= 11 is 3.22. The van der Waals surface area contributed by atoms with Gasteiger partial charge in [-0.25, -0.2) is 4.39 Å². The molecule has 0 saturated carbocycles. The third-order valence-electron chi connectivity index (χ3n) is 2.59. The number of anilines is 1. The maximum Gasteiger partial charge on any atom is 0.262 e. The van der Waals surface area contributed by atoms with E-state index < -0.39 is 5.82 Å². The van der Waals surface area contributed by atoms with Crippen LogP contribution in [0.3, 0.4) is 0 Å². The molecular weight excluding hydrogens is 325 g/mol. The first-order valence-corrected chi connectivity index (χ1v) is 6.78. The van der Waals surface area contributed by atoms with Crippen molar-refractivity contribution in [2.75, 3.05) is 11.9 Å². The van der Waals surface area contributed by atoms with Crippen molar-refractivity contribution in [3.63, 3.8) is 0 Å². The number of ether oxygens (including phenoxy) is 1. The number of halogens is 2. The van der Waals surface area contributed by atoms with Gasteiger partial charge in [0.05, 0.1) is 0 Å². The Bertz CT molecular complexity index is 614. The quantitative estimate of drug-likeness (QED) is 0.918. The predicted octanol–water partition coefficient (Wildman–Crippen LogP) is 3.91. The summed E-state index contributed by atoms with van der Waals surface area (Å²) in [6.07, 6.45) is 0. The number of hydrogen-bond donors (Lipinski definition) is 1. The third-order valence-corrected chi connectivity index (χ3v) is 3.08. The van der Waals surface area contributed by atoms with Gasteiger partial charge in [-0.1, -0.05) is 33.6 Å². The van der Waals surface area contributed by atoms with Gasteiger partial charge in [0, 0.05) is 10.2 Å². The van der Waals surface area contributed by atoms with Crippen molar-refractivity contribution < 1.29 is 13.9 Å². The summed E-state index contributed by atoms with van der Waals surface area (Å²) in [4.78, 5) is 11.7. The lowest BCUT2D eigenvalue weighted by atomic mass is 10.2. The molecule has 2 rings (SSSR count). The lowest BCUT2D eigenvalue weighted by Gasteiger charge is -2.08. The average Bonchev–Trinajstić information content (AvgIpc) is 2.42. The van der Waals surface area contributed by atoms with Crippen molar-refractivity contribution >= 4 is 27.5 Å². The van der Waals surface area contributed by atoms with E-state index >= 15 is 0 Å². The topological polar surface area (TPSA) is 38.3 Å². The molecule has 0 radical (unpaired) electrons. The average molecular weight is 338 g/mol. The van der Waals surface area contributed by atoms with Crippen LogP contribution in [0.5, 0.6) is 5.75 Å². The van der Waals surface area contributed by atoms with Crippen LogP contribution in [0, 0.1) is 12.7 Å². The van der Waals surface area contributed by atoms with Crippen molar-refractivity contribution in [2.24, 2.45) is 0 Å². The van der Waals surface area contributed by atoms with E-state index in [2.05, 4.69) is 21.2 Å². The van der Waals surface area contributed by atoms with Gasteiger partial charge in [-0.15, -0.1) is 0 Å². The van der Waals surface area contributed by atoms with Crippen LogP contribution in [0.25, 0.3) is 0 Å². The van der Waals surface area contributed by atoms with Crippen LogP contribution in [-0.4, -0.2) is 12.5 Å². The summed E-state index contributed by atoms with van der Waals surface area (Å²) < 4.78 is 19.3. The van der Waals surface area contributed by atoms with Gasteiger partial charge in [0.2, 0.25) is 0 Å². The van der Waals surface area contributed by atoms with E-state index in [4.69, 9.17) is 4.74 Å². The Morgan fingerprint density at radius 3 is 2.65 bits per heavy atom. The van der Waals surface area contributed by atoms with E-state index in [0.29, 0.717) is 10.2 Å². The zero-order valence-electron chi connectivity index (χ0n) is 10.8. The van der Waals surface area contributed by atoms with Gasteiger partial charge in [0.1, 0.15) is 0 Å². The molecule has 1 N–H and O–H groups in total. The van der Waals surface area contributed by atoms with Crippen molar-refractivity contribution in [1.82, 2.24) is 0 Å². The number of benzene rings is 2. The molecule has 20 heavy (non-hydrogen) atoms. The number of carbonyl (C=O) groups is 1. The van der Waals surface area contributed by atoms with E-state index in [1.807, 2.05) is 19.1 Å². The van der Waals surface area contributed by atoms with Gasteiger partial charge < -0.3 is 10.1 Å². The Morgan fingerprint density at radius 1 is 1.25 bits per heavy atom. The summed E-state index contributed by atoms with van der Waals surface area (Å²) in [6.45, 7) is 1.71. The molecule has 0 aromatic heterocycles. The first-order valence-electron chi connectivity index (χ1n) is 5.99. The Kier molecular flexibility index (Phi) is 4.74. The second-order valence-corrected chi connectivity index (χ2v) is 5.19. The molecule has 0 bridgehead atoms. The van der Waals surface area contributed by atoms with Crippen molar-refractivity contribution in [2.45, 2.75) is 6.92 Å². The maximum atomic E-state index is 13.4. The summed E-state index contributed by atoms with van der Waals surface area (Å²) in [5.74, 6) is -0.803. The highest BCUT2D eigenvalue weighted by Gasteiger charge is 2.07. The minimum atomic E-state index is -0.503. The number of nitrogens with one attached hydrogen (secondary N) is 1.